The molecule has 0 fully saturated rings. The molecule has 5 nitrogen and oxygen atoms in total. The van der Waals surface area contributed by atoms with Crippen LogP contribution in [-0.4, -0.2) is 19.9 Å². The van der Waals surface area contributed by atoms with E-state index in [1.165, 1.54) is 18.5 Å². The molecule has 0 aliphatic rings. The van der Waals surface area contributed by atoms with E-state index >= 15 is 0 Å². The van der Waals surface area contributed by atoms with E-state index in [0.29, 0.717) is 11.5 Å². The summed E-state index contributed by atoms with van der Waals surface area (Å²) in [5, 5.41) is 3.10. The molecule has 0 saturated carbocycles. The predicted octanol–water partition coefficient (Wildman–Crippen LogP) is 2.54. The van der Waals surface area contributed by atoms with E-state index in [1.807, 2.05) is 6.92 Å². The molecule has 1 aromatic carbocycles. The summed E-state index contributed by atoms with van der Waals surface area (Å²) in [4.78, 5) is 15.5. The van der Waals surface area contributed by atoms with E-state index in [9.17, 15) is 4.39 Å². The van der Waals surface area contributed by atoms with Crippen LogP contribution >= 0.6 is 0 Å². The van der Waals surface area contributed by atoms with Crippen molar-refractivity contribution in [3.05, 3.63) is 42.2 Å². The molecule has 2 heterocycles. The van der Waals surface area contributed by atoms with Gasteiger partial charge in [-0.05, 0) is 31.2 Å². The number of aryl methyl sites for hydroxylation is 1. The Morgan fingerprint density at radius 2 is 1.94 bits per heavy atom. The summed E-state index contributed by atoms with van der Waals surface area (Å²) in [7, 11) is 0. The quantitative estimate of drug-likeness (QED) is 0.725. The van der Waals surface area contributed by atoms with Crippen LogP contribution < -0.4 is 5.32 Å². The Hall–Kier alpha value is -2.50. The van der Waals surface area contributed by atoms with Crippen LogP contribution in [0.15, 0.2) is 30.6 Å². The summed E-state index contributed by atoms with van der Waals surface area (Å²) in [5.74, 6) is 1.12. The van der Waals surface area contributed by atoms with Gasteiger partial charge in [-0.1, -0.05) is 0 Å². The van der Waals surface area contributed by atoms with Gasteiger partial charge in [0.15, 0.2) is 11.5 Å². The standard InChI is InChI=1S/C12H10FN5/c1-7-16-10-11(17-7)14-6-15-12(10)18-9-4-2-8(13)3-5-9/h2-6H,1H3,(H2,14,15,16,17,18). The summed E-state index contributed by atoms with van der Waals surface area (Å²) in [6.45, 7) is 1.85. The summed E-state index contributed by atoms with van der Waals surface area (Å²) in [6.07, 6.45) is 1.44. The molecule has 0 aliphatic carbocycles. The number of aromatic amines is 1. The van der Waals surface area contributed by atoms with Gasteiger partial charge < -0.3 is 10.3 Å². The third-order valence-corrected chi connectivity index (χ3v) is 2.51. The Labute approximate surface area is 102 Å². The molecule has 0 saturated heterocycles. The minimum absolute atomic E-state index is 0.272. The zero-order chi connectivity index (χ0) is 12.5. The second-order valence-electron chi connectivity index (χ2n) is 3.87. The molecule has 2 N–H and O–H groups in total. The number of rotatable bonds is 2. The second kappa shape index (κ2) is 4.06. The monoisotopic (exact) mass is 243 g/mol. The fourth-order valence-electron chi connectivity index (χ4n) is 1.71. The number of nitrogens with zero attached hydrogens (tertiary/aromatic N) is 3. The van der Waals surface area contributed by atoms with Gasteiger partial charge in [0.05, 0.1) is 0 Å². The molecule has 6 heteroatoms. The van der Waals surface area contributed by atoms with E-state index in [0.717, 1.165) is 17.0 Å². The van der Waals surface area contributed by atoms with Crippen molar-refractivity contribution in [2.75, 3.05) is 5.32 Å². The number of hydrogen-bond acceptors (Lipinski definition) is 4. The molecular formula is C12H10FN5. The number of fused-ring (bicyclic) bond motifs is 1. The van der Waals surface area contributed by atoms with E-state index in [4.69, 9.17) is 0 Å². The van der Waals surface area contributed by atoms with Crippen LogP contribution in [0.25, 0.3) is 11.2 Å². The largest absolute Gasteiger partial charge is 0.338 e. The maximum absolute atomic E-state index is 12.8. The highest BCUT2D eigenvalue weighted by Crippen LogP contribution is 2.21. The highest BCUT2D eigenvalue weighted by atomic mass is 19.1. The number of benzene rings is 1. The van der Waals surface area contributed by atoms with Gasteiger partial charge in [0.1, 0.15) is 23.5 Å². The molecule has 0 bridgehead atoms. The van der Waals surface area contributed by atoms with Crippen molar-refractivity contribution in [1.29, 1.82) is 0 Å². The van der Waals surface area contributed by atoms with Crippen LogP contribution in [0.5, 0.6) is 0 Å². The third-order valence-electron chi connectivity index (χ3n) is 2.51. The molecular weight excluding hydrogens is 233 g/mol. The fraction of sp³-hybridized carbons (Fsp3) is 0.0833. The molecule has 3 rings (SSSR count). The first-order valence-corrected chi connectivity index (χ1v) is 5.42. The van der Waals surface area contributed by atoms with Crippen LogP contribution in [-0.2, 0) is 0 Å². The van der Waals surface area contributed by atoms with Crippen molar-refractivity contribution in [3.63, 3.8) is 0 Å². The zero-order valence-corrected chi connectivity index (χ0v) is 9.61. The Morgan fingerprint density at radius 3 is 2.72 bits per heavy atom. The lowest BCUT2D eigenvalue weighted by atomic mass is 10.3. The van der Waals surface area contributed by atoms with E-state index in [2.05, 4.69) is 25.3 Å². The van der Waals surface area contributed by atoms with Crippen molar-refractivity contribution >= 4 is 22.7 Å². The Bertz CT molecular complexity index is 689. The van der Waals surface area contributed by atoms with Crippen molar-refractivity contribution < 1.29 is 4.39 Å². The normalized spacial score (nSPS) is 10.8. The van der Waals surface area contributed by atoms with E-state index in [1.54, 1.807) is 12.1 Å². The van der Waals surface area contributed by atoms with E-state index in [-0.39, 0.29) is 5.82 Å². The van der Waals surface area contributed by atoms with Gasteiger partial charge in [0.25, 0.3) is 0 Å². The number of hydrogen-bond donors (Lipinski definition) is 2. The van der Waals surface area contributed by atoms with Gasteiger partial charge in [0.2, 0.25) is 0 Å². The fourth-order valence-corrected chi connectivity index (χ4v) is 1.71. The van der Waals surface area contributed by atoms with Gasteiger partial charge in [0, 0.05) is 5.69 Å². The first kappa shape index (κ1) is 10.6. The number of halogens is 1. The number of anilines is 2. The Kier molecular flexibility index (Phi) is 2.40. The van der Waals surface area contributed by atoms with Gasteiger partial charge in [-0.15, -0.1) is 0 Å². The van der Waals surface area contributed by atoms with Crippen LogP contribution in [0.3, 0.4) is 0 Å². The number of nitrogens with one attached hydrogen (secondary N) is 2. The maximum Gasteiger partial charge on any atom is 0.183 e. The topological polar surface area (TPSA) is 66.5 Å². The number of H-pyrrole nitrogens is 1. The minimum Gasteiger partial charge on any atom is -0.338 e. The molecule has 0 aliphatic heterocycles. The molecule has 0 unspecified atom stereocenters. The summed E-state index contributed by atoms with van der Waals surface area (Å²) < 4.78 is 12.8. The van der Waals surface area contributed by atoms with Crippen LogP contribution in [0.1, 0.15) is 5.82 Å². The molecule has 90 valence electrons. The van der Waals surface area contributed by atoms with Crippen LogP contribution in [0.2, 0.25) is 0 Å². The van der Waals surface area contributed by atoms with Gasteiger partial charge >= 0.3 is 0 Å². The SMILES string of the molecule is Cc1nc2ncnc(Nc3ccc(F)cc3)c2[nH]1. The molecule has 18 heavy (non-hydrogen) atoms. The molecule has 0 spiro atoms. The predicted molar refractivity (Wildman–Crippen MR) is 66.1 cm³/mol. The van der Waals surface area contributed by atoms with Crippen molar-refractivity contribution in [2.45, 2.75) is 6.92 Å². The summed E-state index contributed by atoms with van der Waals surface area (Å²) in [6, 6.07) is 6.07. The first-order valence-electron chi connectivity index (χ1n) is 5.42. The molecule has 2 aromatic heterocycles. The number of aromatic nitrogens is 4. The minimum atomic E-state index is -0.272. The van der Waals surface area contributed by atoms with Gasteiger partial charge in [-0.25, -0.2) is 19.3 Å². The second-order valence-corrected chi connectivity index (χ2v) is 3.87. The average Bonchev–Trinajstić information content (AvgIpc) is 2.73. The lowest BCUT2D eigenvalue weighted by Crippen LogP contribution is -1.95. The zero-order valence-electron chi connectivity index (χ0n) is 9.61. The Morgan fingerprint density at radius 1 is 1.17 bits per heavy atom. The summed E-state index contributed by atoms with van der Waals surface area (Å²) in [5.41, 5.74) is 2.09. The molecule has 3 aromatic rings. The third kappa shape index (κ3) is 1.88. The van der Waals surface area contributed by atoms with Crippen LogP contribution in [0.4, 0.5) is 15.9 Å². The highest BCUT2D eigenvalue weighted by molar-refractivity contribution is 5.84. The average molecular weight is 243 g/mol. The maximum atomic E-state index is 12.8. The van der Waals surface area contributed by atoms with Crippen LogP contribution in [0, 0.1) is 12.7 Å². The summed E-state index contributed by atoms with van der Waals surface area (Å²) >= 11 is 0. The van der Waals surface area contributed by atoms with E-state index < -0.39 is 0 Å². The van der Waals surface area contributed by atoms with Crippen molar-refractivity contribution in [2.24, 2.45) is 0 Å². The van der Waals surface area contributed by atoms with Crippen molar-refractivity contribution in [3.8, 4) is 0 Å². The molecule has 0 atom stereocenters. The first-order chi connectivity index (χ1) is 8.72. The lowest BCUT2D eigenvalue weighted by molar-refractivity contribution is 0.628. The smallest absolute Gasteiger partial charge is 0.183 e. The highest BCUT2D eigenvalue weighted by Gasteiger charge is 2.07. The van der Waals surface area contributed by atoms with Gasteiger partial charge in [-0.3, -0.25) is 0 Å². The lowest BCUT2D eigenvalue weighted by Gasteiger charge is -2.05. The van der Waals surface area contributed by atoms with Crippen molar-refractivity contribution in [1.82, 2.24) is 19.9 Å². The molecule has 0 radical (unpaired) electrons. The molecule has 0 amide bonds. The van der Waals surface area contributed by atoms with Gasteiger partial charge in [-0.2, -0.15) is 0 Å². The Balaban J connectivity index is 2.01. The number of imidazole rings is 1.